The number of Topliss-reactive ketones (excluding diaryl/α,β-unsaturated/α-hetero) is 1. The molecule has 4 rings (SSSR count). The van der Waals surface area contributed by atoms with Crippen LogP contribution in [-0.4, -0.2) is 46.4 Å². The number of carbonyl (C=O) groups excluding carboxylic acids is 1. The maximum absolute atomic E-state index is 11.9. The number of carbonyl (C=O) groups is 2. The van der Waals surface area contributed by atoms with E-state index in [2.05, 4.69) is 39.1 Å². The minimum atomic E-state index is -1.06. The minimum absolute atomic E-state index is 0.0751. The Hall–Kier alpha value is -3.35. The number of ether oxygens (including phenoxy) is 2. The second-order valence-electron chi connectivity index (χ2n) is 10.7. The van der Waals surface area contributed by atoms with Gasteiger partial charge in [0.05, 0.1) is 29.5 Å². The first kappa shape index (κ1) is 24.8. The number of aromatic carboxylic acids is 1. The highest BCUT2D eigenvalue weighted by Gasteiger charge is 2.40. The number of benzene rings is 2. The molecule has 0 saturated heterocycles. The molecule has 2 heterocycles. The molecule has 2 aromatic rings. The lowest BCUT2D eigenvalue weighted by molar-refractivity contribution is -0.117. The van der Waals surface area contributed by atoms with Gasteiger partial charge in [-0.05, 0) is 78.6 Å². The number of nitrogens with zero attached hydrogens (tertiary/aromatic N) is 1. The third-order valence-corrected chi connectivity index (χ3v) is 6.49. The van der Waals surface area contributed by atoms with Crippen LogP contribution < -0.4 is 14.8 Å². The lowest BCUT2D eigenvalue weighted by Crippen LogP contribution is -2.31. The Balaban J connectivity index is 1.92. The Morgan fingerprint density at radius 1 is 1.20 bits per heavy atom. The lowest BCUT2D eigenvalue weighted by atomic mass is 9.80. The summed E-state index contributed by atoms with van der Waals surface area (Å²) in [5.74, 6) is 0.379. The minimum Gasteiger partial charge on any atom is -0.490 e. The van der Waals surface area contributed by atoms with Crippen LogP contribution in [0.1, 0.15) is 81.1 Å². The van der Waals surface area contributed by atoms with Gasteiger partial charge in [0, 0.05) is 28.8 Å². The highest BCUT2D eigenvalue weighted by atomic mass is 16.5. The second-order valence-corrected chi connectivity index (χ2v) is 10.7. The molecule has 7 nitrogen and oxygen atoms in total. The number of anilines is 1. The summed E-state index contributed by atoms with van der Waals surface area (Å²) in [5.41, 5.74) is 4.59. The highest BCUT2D eigenvalue weighted by molar-refractivity contribution is 6.17. The number of fused-ring (bicyclic) bond motifs is 3. The van der Waals surface area contributed by atoms with Crippen LogP contribution in [0.25, 0.3) is 0 Å². The Morgan fingerprint density at radius 3 is 2.54 bits per heavy atom. The second kappa shape index (κ2) is 8.70. The van der Waals surface area contributed by atoms with Crippen molar-refractivity contribution in [3.05, 3.63) is 52.1 Å². The van der Waals surface area contributed by atoms with E-state index in [0.29, 0.717) is 18.7 Å². The smallest absolute Gasteiger partial charge is 0.337 e. The Kier molecular flexibility index (Phi) is 6.16. The van der Waals surface area contributed by atoms with Crippen LogP contribution in [-0.2, 0) is 17.6 Å². The van der Waals surface area contributed by atoms with Crippen molar-refractivity contribution in [3.63, 3.8) is 0 Å². The van der Waals surface area contributed by atoms with Crippen molar-refractivity contribution in [1.82, 2.24) is 0 Å². The Labute approximate surface area is 206 Å². The molecule has 2 aliphatic heterocycles. The summed E-state index contributed by atoms with van der Waals surface area (Å²) in [5, 5.41) is 12.8. The first-order valence-electron chi connectivity index (χ1n) is 12.1. The van der Waals surface area contributed by atoms with E-state index < -0.39 is 12.0 Å². The molecule has 0 fully saturated rings. The summed E-state index contributed by atoms with van der Waals surface area (Å²) >= 11 is 0. The molecule has 2 aliphatic rings. The van der Waals surface area contributed by atoms with Gasteiger partial charge < -0.3 is 19.9 Å². The SMILES string of the molecule is CCOc1cc2c(c3c1OC(C)(C)C3)C(c1ccc(C(=O)O)c(NC(C)C(C)=O)c1)=NC(C)(C)C2. The average Bonchev–Trinajstić information content (AvgIpc) is 3.07. The van der Waals surface area contributed by atoms with Gasteiger partial charge >= 0.3 is 5.97 Å². The molecule has 0 bridgehead atoms. The first-order valence-corrected chi connectivity index (χ1v) is 12.1. The third kappa shape index (κ3) is 4.77. The van der Waals surface area contributed by atoms with Crippen molar-refractivity contribution < 1.29 is 24.2 Å². The molecular weight excluding hydrogens is 444 g/mol. The molecule has 2 N–H and O–H groups in total. The summed E-state index contributed by atoms with van der Waals surface area (Å²) in [6, 6.07) is 6.70. The molecule has 7 heteroatoms. The Bertz CT molecular complexity index is 1240. The van der Waals surface area contributed by atoms with E-state index in [0.717, 1.165) is 45.9 Å². The molecule has 0 amide bonds. The maximum Gasteiger partial charge on any atom is 0.337 e. The van der Waals surface area contributed by atoms with Crippen LogP contribution >= 0.6 is 0 Å². The van der Waals surface area contributed by atoms with E-state index >= 15 is 0 Å². The van der Waals surface area contributed by atoms with Gasteiger partial charge in [-0.1, -0.05) is 6.07 Å². The number of carboxylic acids is 1. The van der Waals surface area contributed by atoms with Crippen molar-refractivity contribution in [2.24, 2.45) is 4.99 Å². The molecular formula is C28H34N2O5. The fraction of sp³-hybridized carbons (Fsp3) is 0.464. The van der Waals surface area contributed by atoms with Crippen LogP contribution in [0.2, 0.25) is 0 Å². The van der Waals surface area contributed by atoms with Gasteiger partial charge in [-0.3, -0.25) is 9.79 Å². The molecule has 35 heavy (non-hydrogen) atoms. The molecule has 186 valence electrons. The largest absolute Gasteiger partial charge is 0.490 e. The maximum atomic E-state index is 11.9. The van der Waals surface area contributed by atoms with Crippen LogP contribution in [0.15, 0.2) is 29.3 Å². The van der Waals surface area contributed by atoms with Crippen molar-refractivity contribution >= 4 is 23.2 Å². The van der Waals surface area contributed by atoms with Crippen LogP contribution in [0.3, 0.4) is 0 Å². The molecule has 0 aromatic heterocycles. The lowest BCUT2D eigenvalue weighted by Gasteiger charge is -2.31. The van der Waals surface area contributed by atoms with Crippen molar-refractivity contribution in [2.45, 2.75) is 78.5 Å². The number of ketones is 1. The zero-order chi connectivity index (χ0) is 25.7. The summed E-state index contributed by atoms with van der Waals surface area (Å²) in [7, 11) is 0. The zero-order valence-corrected chi connectivity index (χ0v) is 21.5. The fourth-order valence-corrected chi connectivity index (χ4v) is 4.87. The summed E-state index contributed by atoms with van der Waals surface area (Å²) in [6.07, 6.45) is 1.46. The monoisotopic (exact) mass is 478 g/mol. The molecule has 0 radical (unpaired) electrons. The summed E-state index contributed by atoms with van der Waals surface area (Å²) in [4.78, 5) is 28.9. The van der Waals surface area contributed by atoms with Crippen LogP contribution in [0.5, 0.6) is 11.5 Å². The quantitative estimate of drug-likeness (QED) is 0.577. The topological polar surface area (TPSA) is 97.2 Å². The van der Waals surface area contributed by atoms with Gasteiger partial charge in [0.1, 0.15) is 5.60 Å². The van der Waals surface area contributed by atoms with Crippen molar-refractivity contribution in [1.29, 1.82) is 0 Å². The predicted molar refractivity (Wildman–Crippen MR) is 137 cm³/mol. The Morgan fingerprint density at radius 2 is 1.91 bits per heavy atom. The number of rotatable bonds is 7. The summed E-state index contributed by atoms with van der Waals surface area (Å²) < 4.78 is 12.3. The van der Waals surface area contributed by atoms with E-state index in [-0.39, 0.29) is 22.5 Å². The van der Waals surface area contributed by atoms with Gasteiger partial charge in [0.2, 0.25) is 0 Å². The molecule has 1 atom stereocenters. The van der Waals surface area contributed by atoms with E-state index in [1.807, 2.05) is 6.92 Å². The van der Waals surface area contributed by atoms with Gasteiger partial charge in [-0.25, -0.2) is 4.79 Å². The third-order valence-electron chi connectivity index (χ3n) is 6.49. The van der Waals surface area contributed by atoms with Gasteiger partial charge in [-0.2, -0.15) is 0 Å². The molecule has 0 saturated carbocycles. The molecule has 2 aromatic carbocycles. The number of aliphatic imine (C=N–C) groups is 1. The van der Waals surface area contributed by atoms with E-state index in [4.69, 9.17) is 14.5 Å². The average molecular weight is 479 g/mol. The number of carboxylic acid groups (broad SMARTS) is 1. The fourth-order valence-electron chi connectivity index (χ4n) is 4.87. The standard InChI is InChI=1S/C28H34N2O5/c1-8-34-22-12-18-13-27(4,5)30-24(23(18)20-14-28(6,7)35-25(20)22)17-9-10-19(26(32)33)21(11-17)29-15(2)16(3)31/h9-12,15,29H,8,13-14H2,1-7H3,(H,32,33). The number of hydrogen-bond donors (Lipinski definition) is 2. The molecule has 1 unspecified atom stereocenters. The van der Waals surface area contributed by atoms with E-state index in [9.17, 15) is 14.7 Å². The van der Waals surface area contributed by atoms with Crippen molar-refractivity contribution in [2.75, 3.05) is 11.9 Å². The van der Waals surface area contributed by atoms with E-state index in [1.54, 1.807) is 25.1 Å². The zero-order valence-electron chi connectivity index (χ0n) is 21.5. The normalized spacial score (nSPS) is 18.0. The van der Waals surface area contributed by atoms with Gasteiger partial charge in [0.15, 0.2) is 17.3 Å². The first-order chi connectivity index (χ1) is 16.3. The number of hydrogen-bond acceptors (Lipinski definition) is 6. The van der Waals surface area contributed by atoms with Gasteiger partial charge in [-0.15, -0.1) is 0 Å². The van der Waals surface area contributed by atoms with Crippen LogP contribution in [0, 0.1) is 0 Å². The molecule has 0 aliphatic carbocycles. The van der Waals surface area contributed by atoms with Crippen molar-refractivity contribution in [3.8, 4) is 11.5 Å². The van der Waals surface area contributed by atoms with E-state index in [1.165, 1.54) is 6.92 Å². The summed E-state index contributed by atoms with van der Waals surface area (Å²) in [6.45, 7) is 14.0. The highest BCUT2D eigenvalue weighted by Crippen LogP contribution is 2.48. The van der Waals surface area contributed by atoms with Crippen LogP contribution in [0.4, 0.5) is 5.69 Å². The number of nitrogens with one attached hydrogen (secondary N) is 1. The van der Waals surface area contributed by atoms with Gasteiger partial charge in [0.25, 0.3) is 0 Å². The molecule has 0 spiro atoms. The predicted octanol–water partition coefficient (Wildman–Crippen LogP) is 5.06.